The molecule has 2 atom stereocenters. The van der Waals surface area contributed by atoms with Crippen molar-refractivity contribution in [3.8, 4) is 11.4 Å². The molecule has 3 rings (SSSR count). The van der Waals surface area contributed by atoms with E-state index in [9.17, 15) is 4.79 Å². The molecule has 0 aromatic carbocycles. The number of ether oxygens (including phenoxy) is 1. The Morgan fingerprint density at radius 1 is 1.36 bits per heavy atom. The third kappa shape index (κ3) is 4.54. The number of carbonyl (C=O) groups is 1. The number of nitrogens with zero attached hydrogens (tertiary/aromatic N) is 4. The first-order valence-corrected chi connectivity index (χ1v) is 8.46. The number of piperidine rings is 1. The summed E-state index contributed by atoms with van der Waals surface area (Å²) in [6.45, 7) is 7.05. The summed E-state index contributed by atoms with van der Waals surface area (Å²) in [5.41, 5.74) is 0.968. The Bertz CT molecular complexity index is 709. The molecule has 8 heteroatoms. The molecule has 0 spiro atoms. The summed E-state index contributed by atoms with van der Waals surface area (Å²) >= 11 is 0. The predicted molar refractivity (Wildman–Crippen MR) is 92.9 cm³/mol. The second-order valence-corrected chi connectivity index (χ2v) is 7.11. The number of amides is 1. The third-order valence-corrected chi connectivity index (χ3v) is 3.93. The van der Waals surface area contributed by atoms with Gasteiger partial charge in [-0.25, -0.2) is 9.48 Å². The van der Waals surface area contributed by atoms with Crippen molar-refractivity contribution in [1.82, 2.24) is 30.6 Å². The molecule has 8 nitrogen and oxygen atoms in total. The van der Waals surface area contributed by atoms with Gasteiger partial charge in [-0.1, -0.05) is 11.3 Å². The number of carbonyl (C=O) groups excluding carboxylic acids is 1. The normalized spacial score (nSPS) is 20.9. The molecular weight excluding hydrogens is 320 g/mol. The van der Waals surface area contributed by atoms with Gasteiger partial charge in [0.1, 0.15) is 11.3 Å². The van der Waals surface area contributed by atoms with Gasteiger partial charge in [-0.05, 0) is 45.9 Å². The van der Waals surface area contributed by atoms with Gasteiger partial charge >= 0.3 is 6.09 Å². The first kappa shape index (κ1) is 17.3. The molecule has 2 N–H and O–H groups in total. The van der Waals surface area contributed by atoms with Gasteiger partial charge in [-0.3, -0.25) is 4.98 Å². The Morgan fingerprint density at radius 2 is 2.20 bits per heavy atom. The zero-order chi connectivity index (χ0) is 17.9. The lowest BCUT2D eigenvalue weighted by Crippen LogP contribution is -2.52. The minimum atomic E-state index is -0.527. The van der Waals surface area contributed by atoms with Gasteiger partial charge in [-0.15, -0.1) is 5.10 Å². The van der Waals surface area contributed by atoms with E-state index in [1.807, 2.05) is 49.8 Å². The first-order chi connectivity index (χ1) is 11.9. The Balaban J connectivity index is 1.73. The van der Waals surface area contributed by atoms with Crippen LogP contribution < -0.4 is 10.6 Å². The summed E-state index contributed by atoms with van der Waals surface area (Å²) in [6.07, 6.45) is 4.02. The molecule has 134 valence electrons. The minimum absolute atomic E-state index is 0.0127. The maximum Gasteiger partial charge on any atom is 0.407 e. The lowest BCUT2D eigenvalue weighted by Gasteiger charge is -2.33. The molecule has 25 heavy (non-hydrogen) atoms. The van der Waals surface area contributed by atoms with E-state index in [0.717, 1.165) is 24.4 Å². The van der Waals surface area contributed by atoms with Crippen molar-refractivity contribution in [2.45, 2.75) is 44.9 Å². The van der Waals surface area contributed by atoms with Gasteiger partial charge in [0.25, 0.3) is 0 Å². The average Bonchev–Trinajstić information content (AvgIpc) is 3.04. The van der Waals surface area contributed by atoms with E-state index in [-0.39, 0.29) is 12.1 Å². The standard InChI is InChI=1S/C17H24N6O2/c1-17(2,3)25-16(24)20-13-10-18-9-7-15(13)23-11-14(21-22-23)12-6-4-5-8-19-12/h4-6,8,11,13,15,18H,7,9-10H2,1-3H3,(H,20,24)/t13-,15-/m0/s1. The molecule has 3 heterocycles. The van der Waals surface area contributed by atoms with Crippen LogP contribution in [-0.4, -0.2) is 50.8 Å². The number of hydrogen-bond donors (Lipinski definition) is 2. The molecule has 0 bridgehead atoms. The summed E-state index contributed by atoms with van der Waals surface area (Å²) in [5, 5.41) is 14.7. The molecule has 1 aliphatic heterocycles. The fraction of sp³-hybridized carbons (Fsp3) is 0.529. The van der Waals surface area contributed by atoms with Crippen molar-refractivity contribution in [1.29, 1.82) is 0 Å². The van der Waals surface area contributed by atoms with E-state index in [0.29, 0.717) is 6.54 Å². The average molecular weight is 344 g/mol. The second-order valence-electron chi connectivity index (χ2n) is 7.11. The fourth-order valence-corrected chi connectivity index (χ4v) is 2.84. The van der Waals surface area contributed by atoms with Crippen LogP contribution in [0.4, 0.5) is 4.79 Å². The highest BCUT2D eigenvalue weighted by atomic mass is 16.6. The number of aromatic nitrogens is 4. The van der Waals surface area contributed by atoms with Gasteiger partial charge in [0.15, 0.2) is 0 Å². The molecule has 1 saturated heterocycles. The topological polar surface area (TPSA) is 94.0 Å². The van der Waals surface area contributed by atoms with Crippen LogP contribution in [0.1, 0.15) is 33.2 Å². The number of hydrogen-bond acceptors (Lipinski definition) is 6. The van der Waals surface area contributed by atoms with Crippen LogP contribution in [-0.2, 0) is 4.74 Å². The highest BCUT2D eigenvalue weighted by Crippen LogP contribution is 2.21. The Morgan fingerprint density at radius 3 is 2.92 bits per heavy atom. The quantitative estimate of drug-likeness (QED) is 0.881. The van der Waals surface area contributed by atoms with Crippen molar-refractivity contribution in [2.24, 2.45) is 0 Å². The first-order valence-electron chi connectivity index (χ1n) is 8.46. The molecule has 0 unspecified atom stereocenters. The summed E-state index contributed by atoms with van der Waals surface area (Å²) in [4.78, 5) is 16.4. The minimum Gasteiger partial charge on any atom is -0.444 e. The molecular formula is C17H24N6O2. The number of alkyl carbamates (subject to hydrolysis) is 1. The number of nitrogens with one attached hydrogen (secondary N) is 2. The smallest absolute Gasteiger partial charge is 0.407 e. The summed E-state index contributed by atoms with van der Waals surface area (Å²) in [7, 11) is 0. The van der Waals surface area contributed by atoms with Crippen LogP contribution in [0.2, 0.25) is 0 Å². The Hall–Kier alpha value is -2.48. The summed E-state index contributed by atoms with van der Waals surface area (Å²) in [6, 6.07) is 5.56. The molecule has 2 aromatic heterocycles. The molecule has 1 fully saturated rings. The predicted octanol–water partition coefficient (Wildman–Crippen LogP) is 1.77. The molecule has 2 aromatic rings. The van der Waals surface area contributed by atoms with Crippen molar-refractivity contribution in [3.63, 3.8) is 0 Å². The van der Waals surface area contributed by atoms with Crippen LogP contribution in [0.15, 0.2) is 30.6 Å². The molecule has 0 radical (unpaired) electrons. The van der Waals surface area contributed by atoms with Gasteiger partial charge in [0, 0.05) is 12.7 Å². The number of rotatable bonds is 3. The zero-order valence-electron chi connectivity index (χ0n) is 14.8. The van der Waals surface area contributed by atoms with Gasteiger partial charge in [0.05, 0.1) is 24.0 Å². The SMILES string of the molecule is CC(C)(C)OC(=O)N[C@H]1CNCC[C@@H]1n1cc(-c2ccccn2)nn1. The number of pyridine rings is 1. The van der Waals surface area contributed by atoms with Crippen LogP contribution in [0.3, 0.4) is 0 Å². The van der Waals surface area contributed by atoms with E-state index in [2.05, 4.69) is 25.9 Å². The van der Waals surface area contributed by atoms with E-state index >= 15 is 0 Å². The maximum absolute atomic E-state index is 12.1. The maximum atomic E-state index is 12.1. The molecule has 0 saturated carbocycles. The van der Waals surface area contributed by atoms with Gasteiger partial charge < -0.3 is 15.4 Å². The van der Waals surface area contributed by atoms with Crippen LogP contribution in [0, 0.1) is 0 Å². The third-order valence-electron chi connectivity index (χ3n) is 3.93. The fourth-order valence-electron chi connectivity index (χ4n) is 2.84. The van der Waals surface area contributed by atoms with E-state index in [1.165, 1.54) is 0 Å². The van der Waals surface area contributed by atoms with Crippen LogP contribution in [0.25, 0.3) is 11.4 Å². The van der Waals surface area contributed by atoms with Crippen LogP contribution >= 0.6 is 0 Å². The monoisotopic (exact) mass is 344 g/mol. The molecule has 0 aliphatic carbocycles. The van der Waals surface area contributed by atoms with Crippen molar-refractivity contribution < 1.29 is 9.53 Å². The summed E-state index contributed by atoms with van der Waals surface area (Å²) in [5.74, 6) is 0. The largest absolute Gasteiger partial charge is 0.444 e. The molecule has 1 amide bonds. The Labute approximate surface area is 147 Å². The van der Waals surface area contributed by atoms with Crippen molar-refractivity contribution in [3.05, 3.63) is 30.6 Å². The van der Waals surface area contributed by atoms with E-state index in [4.69, 9.17) is 4.74 Å². The lowest BCUT2D eigenvalue weighted by atomic mass is 10.0. The van der Waals surface area contributed by atoms with Gasteiger partial charge in [-0.2, -0.15) is 0 Å². The van der Waals surface area contributed by atoms with Crippen molar-refractivity contribution in [2.75, 3.05) is 13.1 Å². The summed E-state index contributed by atoms with van der Waals surface area (Å²) < 4.78 is 7.18. The Kier molecular flexibility index (Phi) is 4.98. The van der Waals surface area contributed by atoms with Crippen LogP contribution in [0.5, 0.6) is 0 Å². The lowest BCUT2D eigenvalue weighted by molar-refractivity contribution is 0.0475. The zero-order valence-corrected chi connectivity index (χ0v) is 14.8. The van der Waals surface area contributed by atoms with E-state index < -0.39 is 11.7 Å². The van der Waals surface area contributed by atoms with Crippen molar-refractivity contribution >= 4 is 6.09 Å². The van der Waals surface area contributed by atoms with E-state index in [1.54, 1.807) is 6.20 Å². The second kappa shape index (κ2) is 7.18. The highest BCUT2D eigenvalue weighted by molar-refractivity contribution is 5.68. The molecule has 1 aliphatic rings. The highest BCUT2D eigenvalue weighted by Gasteiger charge is 2.30. The van der Waals surface area contributed by atoms with Gasteiger partial charge in [0.2, 0.25) is 0 Å².